The molecule has 0 bridgehead atoms. The van der Waals surface area contributed by atoms with E-state index in [1.54, 1.807) is 12.1 Å². The molecule has 0 amide bonds. The predicted octanol–water partition coefficient (Wildman–Crippen LogP) is 2.08. The zero-order valence-corrected chi connectivity index (χ0v) is 7.95. The van der Waals surface area contributed by atoms with Gasteiger partial charge in [0.25, 0.3) is 0 Å². The summed E-state index contributed by atoms with van der Waals surface area (Å²) >= 11 is 0. The lowest BCUT2D eigenvalue weighted by molar-refractivity contribution is 0.191. The largest absolute Gasteiger partial charge is 0.489 e. The molecule has 0 unspecified atom stereocenters. The van der Waals surface area contributed by atoms with Gasteiger partial charge in [-0.05, 0) is 43.5 Å². The summed E-state index contributed by atoms with van der Waals surface area (Å²) in [6.07, 6.45) is 3.23. The number of rotatable bonds is 2. The highest BCUT2D eigenvalue weighted by molar-refractivity contribution is 5.22. The van der Waals surface area contributed by atoms with Crippen LogP contribution in [0.2, 0.25) is 0 Å². The Morgan fingerprint density at radius 3 is 2.50 bits per heavy atom. The molecule has 1 aliphatic carbocycles. The zero-order valence-electron chi connectivity index (χ0n) is 7.95. The van der Waals surface area contributed by atoms with Crippen LogP contribution in [0, 0.1) is 5.82 Å². The lowest BCUT2D eigenvalue weighted by atomic mass is 10.2. The Morgan fingerprint density at radius 1 is 1.21 bits per heavy atom. The molecule has 0 heterocycles. The van der Waals surface area contributed by atoms with Crippen LogP contribution in [0.3, 0.4) is 0 Å². The van der Waals surface area contributed by atoms with E-state index in [0.29, 0.717) is 5.75 Å². The van der Waals surface area contributed by atoms with E-state index in [9.17, 15) is 4.39 Å². The minimum Gasteiger partial charge on any atom is -0.489 e. The van der Waals surface area contributed by atoms with Gasteiger partial charge < -0.3 is 10.5 Å². The van der Waals surface area contributed by atoms with Gasteiger partial charge in [-0.1, -0.05) is 0 Å². The minimum atomic E-state index is -0.243. The minimum absolute atomic E-state index is 0.0976. The van der Waals surface area contributed by atoms with Crippen LogP contribution in [-0.4, -0.2) is 12.1 Å². The summed E-state index contributed by atoms with van der Waals surface area (Å²) in [5.74, 6) is 0.460. The molecule has 1 aromatic carbocycles. The maximum absolute atomic E-state index is 12.6. The molecule has 2 N–H and O–H groups in total. The Balaban J connectivity index is 2.00. The van der Waals surface area contributed by atoms with E-state index in [1.807, 2.05) is 0 Å². The van der Waals surface area contributed by atoms with E-state index < -0.39 is 0 Å². The van der Waals surface area contributed by atoms with Crippen molar-refractivity contribution in [3.63, 3.8) is 0 Å². The number of hydrogen-bond acceptors (Lipinski definition) is 2. The summed E-state index contributed by atoms with van der Waals surface area (Å²) < 4.78 is 18.2. The SMILES string of the molecule is N[C@@H]1CCC[C@@H]1Oc1ccc(F)cc1. The first-order valence-electron chi connectivity index (χ1n) is 4.93. The van der Waals surface area contributed by atoms with Crippen molar-refractivity contribution in [3.05, 3.63) is 30.1 Å². The first-order valence-corrected chi connectivity index (χ1v) is 4.93. The summed E-state index contributed by atoms with van der Waals surface area (Å²) in [6.45, 7) is 0. The summed E-state index contributed by atoms with van der Waals surface area (Å²) in [5, 5.41) is 0. The van der Waals surface area contributed by atoms with Crippen LogP contribution in [0.5, 0.6) is 5.75 Å². The molecule has 1 aliphatic rings. The molecule has 0 spiro atoms. The van der Waals surface area contributed by atoms with E-state index in [4.69, 9.17) is 10.5 Å². The number of halogens is 1. The quantitative estimate of drug-likeness (QED) is 0.784. The average Bonchev–Trinajstić information content (AvgIpc) is 2.56. The van der Waals surface area contributed by atoms with Crippen molar-refractivity contribution in [2.24, 2.45) is 5.73 Å². The first-order chi connectivity index (χ1) is 6.75. The van der Waals surface area contributed by atoms with Crippen molar-refractivity contribution in [2.45, 2.75) is 31.4 Å². The van der Waals surface area contributed by atoms with Gasteiger partial charge in [0, 0.05) is 6.04 Å². The van der Waals surface area contributed by atoms with E-state index >= 15 is 0 Å². The van der Waals surface area contributed by atoms with E-state index in [2.05, 4.69) is 0 Å². The Bertz CT molecular complexity index is 299. The Kier molecular flexibility index (Phi) is 2.68. The molecule has 0 aliphatic heterocycles. The van der Waals surface area contributed by atoms with Crippen LogP contribution in [0.25, 0.3) is 0 Å². The molecule has 1 fully saturated rings. The van der Waals surface area contributed by atoms with Crippen molar-refractivity contribution in [3.8, 4) is 5.75 Å². The summed E-state index contributed by atoms with van der Waals surface area (Å²) in [7, 11) is 0. The molecule has 1 saturated carbocycles. The fraction of sp³-hybridized carbons (Fsp3) is 0.455. The lowest BCUT2D eigenvalue weighted by Gasteiger charge is -2.17. The number of benzene rings is 1. The summed E-state index contributed by atoms with van der Waals surface area (Å²) in [5.41, 5.74) is 5.86. The number of ether oxygens (including phenoxy) is 1. The van der Waals surface area contributed by atoms with Crippen LogP contribution in [0.4, 0.5) is 4.39 Å². The van der Waals surface area contributed by atoms with Gasteiger partial charge in [0.2, 0.25) is 0 Å². The first kappa shape index (κ1) is 9.46. The topological polar surface area (TPSA) is 35.2 Å². The summed E-state index contributed by atoms with van der Waals surface area (Å²) in [6, 6.07) is 6.20. The van der Waals surface area contributed by atoms with Gasteiger partial charge in [-0.2, -0.15) is 0 Å². The molecule has 2 atom stereocenters. The van der Waals surface area contributed by atoms with Crippen LogP contribution in [0.1, 0.15) is 19.3 Å². The van der Waals surface area contributed by atoms with Gasteiger partial charge in [0.05, 0.1) is 0 Å². The number of hydrogen-bond donors (Lipinski definition) is 1. The van der Waals surface area contributed by atoms with Crippen molar-refractivity contribution >= 4 is 0 Å². The maximum atomic E-state index is 12.6. The fourth-order valence-corrected chi connectivity index (χ4v) is 1.79. The second kappa shape index (κ2) is 3.96. The highest BCUT2D eigenvalue weighted by Crippen LogP contribution is 2.23. The van der Waals surface area contributed by atoms with Crippen LogP contribution in [0.15, 0.2) is 24.3 Å². The standard InChI is InChI=1S/C11H14FNO/c12-8-4-6-9(7-5-8)14-11-3-1-2-10(11)13/h4-7,10-11H,1-3,13H2/t10-,11+/m1/s1. The predicted molar refractivity (Wildman–Crippen MR) is 52.6 cm³/mol. The normalized spacial score (nSPS) is 26.4. The molecule has 0 saturated heterocycles. The average molecular weight is 195 g/mol. The highest BCUT2D eigenvalue weighted by Gasteiger charge is 2.25. The fourth-order valence-electron chi connectivity index (χ4n) is 1.79. The lowest BCUT2D eigenvalue weighted by Crippen LogP contribution is -2.33. The molecule has 2 nitrogen and oxygen atoms in total. The Morgan fingerprint density at radius 2 is 1.93 bits per heavy atom. The van der Waals surface area contributed by atoms with Crippen LogP contribution < -0.4 is 10.5 Å². The molecule has 14 heavy (non-hydrogen) atoms. The molecular formula is C11H14FNO. The molecule has 76 valence electrons. The second-order valence-corrected chi connectivity index (χ2v) is 3.70. The molecule has 2 rings (SSSR count). The van der Waals surface area contributed by atoms with Gasteiger partial charge in [-0.15, -0.1) is 0 Å². The molecule has 0 aromatic heterocycles. The van der Waals surface area contributed by atoms with Crippen molar-refractivity contribution < 1.29 is 9.13 Å². The molecule has 0 radical (unpaired) electrons. The highest BCUT2D eigenvalue weighted by atomic mass is 19.1. The van der Waals surface area contributed by atoms with Crippen molar-refractivity contribution in [1.82, 2.24) is 0 Å². The molecule has 3 heteroatoms. The van der Waals surface area contributed by atoms with Gasteiger partial charge in [-0.25, -0.2) is 4.39 Å². The second-order valence-electron chi connectivity index (χ2n) is 3.70. The van der Waals surface area contributed by atoms with Gasteiger partial charge in [0.15, 0.2) is 0 Å². The molecule has 1 aromatic rings. The van der Waals surface area contributed by atoms with E-state index in [1.165, 1.54) is 12.1 Å². The zero-order chi connectivity index (χ0) is 9.97. The number of nitrogens with two attached hydrogens (primary N) is 1. The maximum Gasteiger partial charge on any atom is 0.123 e. The van der Waals surface area contributed by atoms with Gasteiger partial charge in [0.1, 0.15) is 17.7 Å². The smallest absolute Gasteiger partial charge is 0.123 e. The Labute approximate surface area is 82.9 Å². The van der Waals surface area contributed by atoms with Crippen molar-refractivity contribution in [2.75, 3.05) is 0 Å². The monoisotopic (exact) mass is 195 g/mol. The molecular weight excluding hydrogens is 181 g/mol. The van der Waals surface area contributed by atoms with Gasteiger partial charge >= 0.3 is 0 Å². The van der Waals surface area contributed by atoms with Gasteiger partial charge in [-0.3, -0.25) is 0 Å². The van der Waals surface area contributed by atoms with E-state index in [-0.39, 0.29) is 18.0 Å². The Hall–Kier alpha value is -1.09. The van der Waals surface area contributed by atoms with E-state index in [0.717, 1.165) is 19.3 Å². The third-order valence-corrected chi connectivity index (χ3v) is 2.60. The van der Waals surface area contributed by atoms with Crippen LogP contribution in [-0.2, 0) is 0 Å². The summed E-state index contributed by atoms with van der Waals surface area (Å²) in [4.78, 5) is 0. The van der Waals surface area contributed by atoms with Crippen LogP contribution >= 0.6 is 0 Å². The third-order valence-electron chi connectivity index (χ3n) is 2.60. The third kappa shape index (κ3) is 2.04. The van der Waals surface area contributed by atoms with Crippen molar-refractivity contribution in [1.29, 1.82) is 0 Å².